The molecule has 112 valence electrons. The van der Waals surface area contributed by atoms with E-state index >= 15 is 0 Å². The number of phenols is 1. The number of nitrogens with zero attached hydrogens (tertiary/aromatic N) is 2. The Morgan fingerprint density at radius 3 is 2.81 bits per heavy atom. The van der Waals surface area contributed by atoms with Crippen molar-refractivity contribution in [3.63, 3.8) is 0 Å². The Morgan fingerprint density at radius 1 is 1.33 bits per heavy atom. The number of phenolic OH excluding ortho intramolecular Hbond substituents is 1. The van der Waals surface area contributed by atoms with E-state index in [4.69, 9.17) is 17.3 Å². The Hall–Kier alpha value is -1.85. The van der Waals surface area contributed by atoms with Gasteiger partial charge in [-0.15, -0.1) is 0 Å². The van der Waals surface area contributed by atoms with Gasteiger partial charge in [-0.1, -0.05) is 18.5 Å². The van der Waals surface area contributed by atoms with Crippen molar-refractivity contribution < 1.29 is 5.11 Å². The summed E-state index contributed by atoms with van der Waals surface area (Å²) in [6.07, 6.45) is 0.888. The summed E-state index contributed by atoms with van der Waals surface area (Å²) in [5.41, 5.74) is 7.20. The highest BCUT2D eigenvalue weighted by atomic mass is 35.5. The number of nitrogens with one attached hydrogen (secondary N) is 1. The second-order valence-corrected chi connectivity index (χ2v) is 5.37. The molecule has 0 fully saturated rings. The molecule has 0 amide bonds. The van der Waals surface area contributed by atoms with Gasteiger partial charge in [0.15, 0.2) is 5.82 Å². The fourth-order valence-corrected chi connectivity index (χ4v) is 2.02. The molecule has 1 unspecified atom stereocenters. The lowest BCUT2D eigenvalue weighted by atomic mass is 10.2. The Kier molecular flexibility index (Phi) is 4.98. The summed E-state index contributed by atoms with van der Waals surface area (Å²) < 4.78 is 0. The molecule has 0 spiro atoms. The van der Waals surface area contributed by atoms with E-state index in [1.807, 2.05) is 19.9 Å². The summed E-state index contributed by atoms with van der Waals surface area (Å²) in [5.74, 6) is 1.21. The van der Waals surface area contributed by atoms with Crippen LogP contribution < -0.4 is 11.1 Å². The monoisotopic (exact) mass is 306 g/mol. The van der Waals surface area contributed by atoms with Crippen LogP contribution in [0.5, 0.6) is 5.75 Å². The normalized spacial score (nSPS) is 12.2. The van der Waals surface area contributed by atoms with Gasteiger partial charge in [-0.05, 0) is 31.5 Å². The number of hydrogen-bond donors (Lipinski definition) is 3. The first-order valence-electron chi connectivity index (χ1n) is 6.83. The van der Waals surface area contributed by atoms with Crippen molar-refractivity contribution in [1.82, 2.24) is 9.97 Å². The predicted octanol–water partition coefficient (Wildman–Crippen LogP) is 2.96. The highest BCUT2D eigenvalue weighted by Crippen LogP contribution is 2.30. The van der Waals surface area contributed by atoms with Crippen LogP contribution in [0.25, 0.3) is 11.4 Å². The Bertz CT molecular complexity index is 633. The SMILES string of the molecule is CCC(N)CNc1cc(C)nc(-c2cc(Cl)ccc2O)n1. The van der Waals surface area contributed by atoms with Gasteiger partial charge in [0.1, 0.15) is 11.6 Å². The Balaban J connectivity index is 2.32. The molecule has 0 aliphatic carbocycles. The Labute approximate surface area is 129 Å². The van der Waals surface area contributed by atoms with Gasteiger partial charge in [-0.2, -0.15) is 0 Å². The molecule has 1 aromatic carbocycles. The molecule has 0 aliphatic rings. The van der Waals surface area contributed by atoms with Crippen molar-refractivity contribution in [2.45, 2.75) is 26.3 Å². The molecule has 2 rings (SSSR count). The number of aromatic nitrogens is 2. The molecule has 0 radical (unpaired) electrons. The molecule has 1 atom stereocenters. The maximum absolute atomic E-state index is 9.95. The van der Waals surface area contributed by atoms with Crippen LogP contribution in [-0.4, -0.2) is 27.7 Å². The van der Waals surface area contributed by atoms with Crippen molar-refractivity contribution in [1.29, 1.82) is 0 Å². The van der Waals surface area contributed by atoms with Crippen molar-refractivity contribution in [2.24, 2.45) is 5.73 Å². The van der Waals surface area contributed by atoms with Crippen LogP contribution in [0.4, 0.5) is 5.82 Å². The van der Waals surface area contributed by atoms with E-state index in [2.05, 4.69) is 15.3 Å². The van der Waals surface area contributed by atoms with Gasteiger partial charge in [0.05, 0.1) is 5.56 Å². The van der Waals surface area contributed by atoms with Crippen molar-refractivity contribution in [3.8, 4) is 17.1 Å². The van der Waals surface area contributed by atoms with Gasteiger partial charge in [-0.25, -0.2) is 9.97 Å². The molecule has 6 heteroatoms. The molecule has 0 aliphatic heterocycles. The molecule has 0 saturated heterocycles. The molecule has 1 aromatic heterocycles. The van der Waals surface area contributed by atoms with E-state index in [-0.39, 0.29) is 11.8 Å². The van der Waals surface area contributed by atoms with Gasteiger partial charge < -0.3 is 16.2 Å². The fourth-order valence-electron chi connectivity index (χ4n) is 1.85. The van der Waals surface area contributed by atoms with E-state index < -0.39 is 0 Å². The summed E-state index contributed by atoms with van der Waals surface area (Å²) in [5, 5.41) is 13.7. The number of aryl methyl sites for hydroxylation is 1. The number of anilines is 1. The van der Waals surface area contributed by atoms with Crippen LogP contribution in [-0.2, 0) is 0 Å². The van der Waals surface area contributed by atoms with Gasteiger partial charge in [-0.3, -0.25) is 0 Å². The number of halogens is 1. The van der Waals surface area contributed by atoms with Crippen LogP contribution >= 0.6 is 11.6 Å². The zero-order valence-electron chi connectivity index (χ0n) is 12.1. The van der Waals surface area contributed by atoms with Crippen LogP contribution in [0.2, 0.25) is 5.02 Å². The maximum Gasteiger partial charge on any atom is 0.165 e. The first-order chi connectivity index (χ1) is 9.99. The quantitative estimate of drug-likeness (QED) is 0.791. The summed E-state index contributed by atoms with van der Waals surface area (Å²) in [6, 6.07) is 6.71. The minimum atomic E-state index is 0.0725. The molecular formula is C15H19ClN4O. The van der Waals surface area contributed by atoms with Gasteiger partial charge in [0, 0.05) is 29.4 Å². The predicted molar refractivity (Wildman–Crippen MR) is 85.6 cm³/mol. The van der Waals surface area contributed by atoms with E-state index in [9.17, 15) is 5.11 Å². The van der Waals surface area contributed by atoms with Crippen LogP contribution in [0, 0.1) is 6.92 Å². The van der Waals surface area contributed by atoms with Crippen LogP contribution in [0.1, 0.15) is 19.0 Å². The first-order valence-corrected chi connectivity index (χ1v) is 7.21. The highest BCUT2D eigenvalue weighted by Gasteiger charge is 2.11. The number of hydrogen-bond acceptors (Lipinski definition) is 5. The fraction of sp³-hybridized carbons (Fsp3) is 0.333. The highest BCUT2D eigenvalue weighted by molar-refractivity contribution is 6.30. The molecule has 0 bridgehead atoms. The molecule has 1 heterocycles. The minimum absolute atomic E-state index is 0.0725. The smallest absolute Gasteiger partial charge is 0.165 e. The third-order valence-corrected chi connectivity index (χ3v) is 3.36. The van der Waals surface area contributed by atoms with E-state index in [0.29, 0.717) is 28.8 Å². The first kappa shape index (κ1) is 15.5. The molecule has 5 nitrogen and oxygen atoms in total. The second-order valence-electron chi connectivity index (χ2n) is 4.93. The molecule has 21 heavy (non-hydrogen) atoms. The second kappa shape index (κ2) is 6.74. The summed E-state index contributed by atoms with van der Waals surface area (Å²) >= 11 is 5.97. The summed E-state index contributed by atoms with van der Waals surface area (Å²) in [4.78, 5) is 8.77. The maximum atomic E-state index is 9.95. The summed E-state index contributed by atoms with van der Waals surface area (Å²) in [6.45, 7) is 4.54. The third kappa shape index (κ3) is 4.06. The third-order valence-electron chi connectivity index (χ3n) is 3.12. The average molecular weight is 307 g/mol. The number of nitrogens with two attached hydrogens (primary N) is 1. The lowest BCUT2D eigenvalue weighted by Gasteiger charge is -2.12. The molecule has 0 saturated carbocycles. The molecule has 2 aromatic rings. The van der Waals surface area contributed by atoms with Crippen molar-refractivity contribution in [2.75, 3.05) is 11.9 Å². The number of rotatable bonds is 5. The largest absolute Gasteiger partial charge is 0.507 e. The van der Waals surface area contributed by atoms with Crippen molar-refractivity contribution in [3.05, 3.63) is 35.0 Å². The van der Waals surface area contributed by atoms with Crippen LogP contribution in [0.3, 0.4) is 0 Å². The zero-order chi connectivity index (χ0) is 15.4. The van der Waals surface area contributed by atoms with E-state index in [1.54, 1.807) is 12.1 Å². The molecular weight excluding hydrogens is 288 g/mol. The lowest BCUT2D eigenvalue weighted by molar-refractivity contribution is 0.477. The van der Waals surface area contributed by atoms with Gasteiger partial charge in [0.2, 0.25) is 0 Å². The van der Waals surface area contributed by atoms with Crippen molar-refractivity contribution >= 4 is 17.4 Å². The minimum Gasteiger partial charge on any atom is -0.507 e. The van der Waals surface area contributed by atoms with E-state index in [1.165, 1.54) is 6.07 Å². The van der Waals surface area contributed by atoms with Gasteiger partial charge >= 0.3 is 0 Å². The topological polar surface area (TPSA) is 84.1 Å². The average Bonchev–Trinajstić information content (AvgIpc) is 2.46. The lowest BCUT2D eigenvalue weighted by Crippen LogP contribution is -2.28. The number of aromatic hydroxyl groups is 1. The standard InChI is InChI=1S/C15H19ClN4O/c1-3-11(17)8-18-14-6-9(2)19-15(20-14)12-7-10(16)4-5-13(12)21/h4-7,11,21H,3,8,17H2,1-2H3,(H,18,19,20). The van der Waals surface area contributed by atoms with Gasteiger partial charge in [0.25, 0.3) is 0 Å². The zero-order valence-corrected chi connectivity index (χ0v) is 12.9. The van der Waals surface area contributed by atoms with E-state index in [0.717, 1.165) is 12.1 Å². The van der Waals surface area contributed by atoms with Crippen LogP contribution in [0.15, 0.2) is 24.3 Å². The number of benzene rings is 1. The molecule has 4 N–H and O–H groups in total. The Morgan fingerprint density at radius 2 is 2.10 bits per heavy atom. The summed E-state index contributed by atoms with van der Waals surface area (Å²) in [7, 11) is 0.